The summed E-state index contributed by atoms with van der Waals surface area (Å²) in [6, 6.07) is 19.7. The van der Waals surface area contributed by atoms with E-state index < -0.39 is 0 Å². The van der Waals surface area contributed by atoms with Crippen LogP contribution in [0.5, 0.6) is 0 Å². The molecule has 4 rings (SSSR count). The van der Waals surface area contributed by atoms with Crippen molar-refractivity contribution in [1.82, 2.24) is 15.3 Å². The molecule has 1 saturated heterocycles. The van der Waals surface area contributed by atoms with E-state index in [1.54, 1.807) is 6.20 Å². The Kier molecular flexibility index (Phi) is 6.90. The van der Waals surface area contributed by atoms with E-state index >= 15 is 0 Å². The molecule has 0 atom stereocenters. The van der Waals surface area contributed by atoms with E-state index in [1.807, 2.05) is 48.5 Å². The standard InChI is InChI=1S/C24H24N6O2/c25-10-8-23(31)27-17-18-2-1-3-19(16-18)22-9-11-26-24(29-22)28-20-4-6-21(7-5-20)30-12-14-32-15-13-30/h1-7,9,11,16H,8,12-15,17H2,(H,27,31)(H,26,28,29). The van der Waals surface area contributed by atoms with Crippen LogP contribution < -0.4 is 15.5 Å². The van der Waals surface area contributed by atoms with Gasteiger partial charge in [0.05, 0.1) is 25.0 Å². The lowest BCUT2D eigenvalue weighted by atomic mass is 10.1. The number of benzene rings is 2. The maximum absolute atomic E-state index is 11.5. The Morgan fingerprint density at radius 3 is 2.72 bits per heavy atom. The lowest BCUT2D eigenvalue weighted by Crippen LogP contribution is -2.36. The molecule has 1 aromatic heterocycles. The second-order valence-corrected chi connectivity index (χ2v) is 7.35. The lowest BCUT2D eigenvalue weighted by Gasteiger charge is -2.28. The molecule has 3 aromatic rings. The van der Waals surface area contributed by atoms with Gasteiger partial charge in [0.25, 0.3) is 0 Å². The van der Waals surface area contributed by atoms with Crippen molar-refractivity contribution in [3.63, 3.8) is 0 Å². The predicted octanol–water partition coefficient (Wildman–Crippen LogP) is 3.25. The van der Waals surface area contributed by atoms with Gasteiger partial charge in [-0.15, -0.1) is 0 Å². The number of nitrogens with one attached hydrogen (secondary N) is 2. The summed E-state index contributed by atoms with van der Waals surface area (Å²) in [7, 11) is 0. The highest BCUT2D eigenvalue weighted by atomic mass is 16.5. The van der Waals surface area contributed by atoms with E-state index in [4.69, 9.17) is 10.00 Å². The van der Waals surface area contributed by atoms with Crippen molar-refractivity contribution < 1.29 is 9.53 Å². The van der Waals surface area contributed by atoms with Crippen LogP contribution in [0.3, 0.4) is 0 Å². The van der Waals surface area contributed by atoms with E-state index in [0.29, 0.717) is 12.5 Å². The van der Waals surface area contributed by atoms with Gasteiger partial charge in [0.1, 0.15) is 6.42 Å². The van der Waals surface area contributed by atoms with Gasteiger partial charge in [-0.2, -0.15) is 5.26 Å². The first-order valence-corrected chi connectivity index (χ1v) is 10.5. The number of nitrogens with zero attached hydrogens (tertiary/aromatic N) is 4. The van der Waals surface area contributed by atoms with Crippen LogP contribution in [0.15, 0.2) is 60.8 Å². The molecule has 162 valence electrons. The zero-order chi connectivity index (χ0) is 22.2. The summed E-state index contributed by atoms with van der Waals surface area (Å²) in [6.07, 6.45) is 1.57. The normalized spacial score (nSPS) is 13.3. The molecule has 1 fully saturated rings. The molecule has 0 spiro atoms. The number of anilines is 3. The van der Waals surface area contributed by atoms with Gasteiger partial charge in [-0.3, -0.25) is 4.79 Å². The Hall–Kier alpha value is -3.96. The Labute approximate surface area is 186 Å². The van der Waals surface area contributed by atoms with Crippen molar-refractivity contribution >= 4 is 23.2 Å². The number of hydrogen-bond donors (Lipinski definition) is 2. The fraction of sp³-hybridized carbons (Fsp3) is 0.250. The number of nitriles is 1. The molecule has 0 saturated carbocycles. The van der Waals surface area contributed by atoms with E-state index in [2.05, 4.69) is 37.6 Å². The number of morpholine rings is 1. The molecule has 1 amide bonds. The number of ether oxygens (including phenoxy) is 1. The molecule has 32 heavy (non-hydrogen) atoms. The maximum Gasteiger partial charge on any atom is 0.234 e. The van der Waals surface area contributed by atoms with Crippen molar-refractivity contribution in [2.45, 2.75) is 13.0 Å². The summed E-state index contributed by atoms with van der Waals surface area (Å²) >= 11 is 0. The third kappa shape index (κ3) is 5.59. The largest absolute Gasteiger partial charge is 0.378 e. The highest BCUT2D eigenvalue weighted by Gasteiger charge is 2.11. The van der Waals surface area contributed by atoms with Gasteiger partial charge in [-0.25, -0.2) is 9.97 Å². The third-order valence-electron chi connectivity index (χ3n) is 5.11. The molecule has 2 N–H and O–H groups in total. The molecular formula is C24H24N6O2. The van der Waals surface area contributed by atoms with Gasteiger partial charge in [0.15, 0.2) is 0 Å². The van der Waals surface area contributed by atoms with E-state index in [9.17, 15) is 4.79 Å². The van der Waals surface area contributed by atoms with Crippen LogP contribution >= 0.6 is 0 Å². The number of hydrogen-bond acceptors (Lipinski definition) is 7. The van der Waals surface area contributed by atoms with Crippen LogP contribution in [0.2, 0.25) is 0 Å². The fourth-order valence-corrected chi connectivity index (χ4v) is 3.46. The molecule has 8 heteroatoms. The number of carbonyl (C=O) groups is 1. The fourth-order valence-electron chi connectivity index (χ4n) is 3.46. The molecule has 2 aromatic carbocycles. The van der Waals surface area contributed by atoms with Crippen LogP contribution in [0.1, 0.15) is 12.0 Å². The topological polar surface area (TPSA) is 103 Å². The summed E-state index contributed by atoms with van der Waals surface area (Å²) in [5.41, 5.74) is 4.71. The third-order valence-corrected chi connectivity index (χ3v) is 5.11. The number of rotatable bonds is 7. The average Bonchev–Trinajstić information content (AvgIpc) is 2.84. The van der Waals surface area contributed by atoms with Gasteiger partial charge in [0, 0.05) is 42.8 Å². The van der Waals surface area contributed by atoms with Crippen LogP contribution in [0.4, 0.5) is 17.3 Å². The van der Waals surface area contributed by atoms with Gasteiger partial charge in [-0.1, -0.05) is 18.2 Å². The zero-order valence-electron chi connectivity index (χ0n) is 17.6. The van der Waals surface area contributed by atoms with Crippen molar-refractivity contribution in [2.24, 2.45) is 0 Å². The van der Waals surface area contributed by atoms with Crippen molar-refractivity contribution in [3.05, 3.63) is 66.4 Å². The Bertz CT molecular complexity index is 1100. The van der Waals surface area contributed by atoms with Crippen LogP contribution in [-0.4, -0.2) is 42.2 Å². The van der Waals surface area contributed by atoms with Crippen molar-refractivity contribution in [2.75, 3.05) is 36.5 Å². The first kappa shape index (κ1) is 21.3. The summed E-state index contributed by atoms with van der Waals surface area (Å²) in [6.45, 7) is 3.68. The number of carbonyl (C=O) groups excluding carboxylic acids is 1. The number of aromatic nitrogens is 2. The highest BCUT2D eigenvalue weighted by molar-refractivity contribution is 5.78. The second kappa shape index (κ2) is 10.4. The molecule has 0 unspecified atom stereocenters. The molecular weight excluding hydrogens is 404 g/mol. The summed E-state index contributed by atoms with van der Waals surface area (Å²) in [4.78, 5) is 22.8. The van der Waals surface area contributed by atoms with Crippen LogP contribution in [-0.2, 0) is 16.1 Å². The minimum atomic E-state index is -0.286. The van der Waals surface area contributed by atoms with E-state index in [0.717, 1.165) is 48.8 Å². The molecule has 0 bridgehead atoms. The van der Waals surface area contributed by atoms with Gasteiger partial charge < -0.3 is 20.3 Å². The summed E-state index contributed by atoms with van der Waals surface area (Å²) in [5, 5.41) is 14.6. The first-order chi connectivity index (χ1) is 15.7. The SMILES string of the molecule is N#CCC(=O)NCc1cccc(-c2ccnc(Nc3ccc(N4CCOCC4)cc3)n2)c1. The molecule has 1 aliphatic heterocycles. The Morgan fingerprint density at radius 1 is 1.12 bits per heavy atom. The molecule has 0 aliphatic carbocycles. The lowest BCUT2D eigenvalue weighted by molar-refractivity contribution is -0.120. The predicted molar refractivity (Wildman–Crippen MR) is 122 cm³/mol. The van der Waals surface area contributed by atoms with E-state index in [-0.39, 0.29) is 12.3 Å². The van der Waals surface area contributed by atoms with Gasteiger partial charge in [0.2, 0.25) is 11.9 Å². The number of amides is 1. The molecule has 1 aliphatic rings. The minimum absolute atomic E-state index is 0.145. The average molecular weight is 428 g/mol. The Balaban J connectivity index is 1.43. The Morgan fingerprint density at radius 2 is 1.94 bits per heavy atom. The van der Waals surface area contributed by atoms with Crippen molar-refractivity contribution in [3.8, 4) is 17.3 Å². The first-order valence-electron chi connectivity index (χ1n) is 10.5. The quantitative estimate of drug-likeness (QED) is 0.595. The molecule has 8 nitrogen and oxygen atoms in total. The van der Waals surface area contributed by atoms with Crippen LogP contribution in [0.25, 0.3) is 11.3 Å². The summed E-state index contributed by atoms with van der Waals surface area (Å²) < 4.78 is 5.41. The minimum Gasteiger partial charge on any atom is -0.378 e. The van der Waals surface area contributed by atoms with Gasteiger partial charge in [-0.05, 0) is 42.0 Å². The molecule has 0 radical (unpaired) electrons. The van der Waals surface area contributed by atoms with Crippen molar-refractivity contribution in [1.29, 1.82) is 5.26 Å². The highest BCUT2D eigenvalue weighted by Crippen LogP contribution is 2.23. The monoisotopic (exact) mass is 428 g/mol. The summed E-state index contributed by atoms with van der Waals surface area (Å²) in [5.74, 6) is 0.223. The maximum atomic E-state index is 11.5. The molecule has 2 heterocycles. The van der Waals surface area contributed by atoms with Crippen LogP contribution in [0, 0.1) is 11.3 Å². The van der Waals surface area contributed by atoms with Gasteiger partial charge >= 0.3 is 0 Å². The zero-order valence-corrected chi connectivity index (χ0v) is 17.6. The smallest absolute Gasteiger partial charge is 0.234 e. The second-order valence-electron chi connectivity index (χ2n) is 7.35. The van der Waals surface area contributed by atoms with E-state index in [1.165, 1.54) is 5.69 Å².